The topological polar surface area (TPSA) is 39.4 Å². The minimum Gasteiger partial charge on any atom is -0.465 e. The van der Waals surface area contributed by atoms with Crippen molar-refractivity contribution in [2.45, 2.75) is 20.3 Å². The Morgan fingerprint density at radius 3 is 2.83 bits per heavy atom. The highest BCUT2D eigenvalue weighted by Gasteiger charge is 2.14. The van der Waals surface area contributed by atoms with E-state index in [1.165, 1.54) is 7.11 Å². The van der Waals surface area contributed by atoms with Crippen LogP contribution in [0.5, 0.6) is 0 Å². The van der Waals surface area contributed by atoms with Crippen molar-refractivity contribution in [1.29, 1.82) is 0 Å². The lowest BCUT2D eigenvalue weighted by molar-refractivity contribution is 0.0598. The normalized spacial score (nSPS) is 9.92. The van der Waals surface area contributed by atoms with Gasteiger partial charge in [-0.05, 0) is 13.0 Å². The summed E-state index contributed by atoms with van der Waals surface area (Å²) in [6, 6.07) is 1.70. The number of hydrogen-bond acceptors (Lipinski definition) is 3. The zero-order valence-electron chi connectivity index (χ0n) is 7.51. The van der Waals surface area contributed by atoms with Crippen LogP contribution < -0.4 is 0 Å². The molecule has 0 atom stereocenters. The summed E-state index contributed by atoms with van der Waals surface area (Å²) in [5.41, 5.74) is 0.539. The predicted octanol–water partition coefficient (Wildman–Crippen LogP) is 1.94. The Hall–Kier alpha value is -1.25. The second-order valence-electron chi connectivity index (χ2n) is 2.54. The Balaban J connectivity index is 3.04. The summed E-state index contributed by atoms with van der Waals surface area (Å²) in [6.45, 7) is 3.75. The largest absolute Gasteiger partial charge is 0.465 e. The molecule has 0 unspecified atom stereocenters. The van der Waals surface area contributed by atoms with Gasteiger partial charge in [-0.25, -0.2) is 4.79 Å². The molecule has 66 valence electrons. The van der Waals surface area contributed by atoms with Gasteiger partial charge in [0.15, 0.2) is 0 Å². The van der Waals surface area contributed by atoms with Gasteiger partial charge in [-0.15, -0.1) is 0 Å². The molecule has 0 aliphatic carbocycles. The van der Waals surface area contributed by atoms with Gasteiger partial charge in [-0.2, -0.15) is 0 Å². The molecule has 1 aromatic rings. The lowest BCUT2D eigenvalue weighted by Crippen LogP contribution is -2.02. The maximum absolute atomic E-state index is 11.1. The number of carbonyl (C=O) groups is 1. The van der Waals surface area contributed by atoms with Crippen LogP contribution in [0.1, 0.15) is 28.8 Å². The van der Waals surface area contributed by atoms with E-state index in [2.05, 4.69) is 4.74 Å². The fourth-order valence-corrected chi connectivity index (χ4v) is 1.11. The van der Waals surface area contributed by atoms with Gasteiger partial charge in [0.25, 0.3) is 0 Å². The number of methoxy groups -OCH3 is 1. The summed E-state index contributed by atoms with van der Waals surface area (Å²) in [7, 11) is 1.37. The third-order valence-corrected chi connectivity index (χ3v) is 1.66. The maximum atomic E-state index is 11.1. The Morgan fingerprint density at radius 2 is 2.33 bits per heavy atom. The third-order valence-electron chi connectivity index (χ3n) is 1.66. The number of carbonyl (C=O) groups excluding carboxylic acids is 1. The molecule has 0 aromatic carbocycles. The van der Waals surface area contributed by atoms with E-state index in [1.54, 1.807) is 6.07 Å². The van der Waals surface area contributed by atoms with Crippen molar-refractivity contribution >= 4 is 5.97 Å². The highest BCUT2D eigenvalue weighted by molar-refractivity contribution is 5.90. The van der Waals surface area contributed by atoms with Crippen LogP contribution in [0, 0.1) is 6.92 Å². The van der Waals surface area contributed by atoms with Gasteiger partial charge < -0.3 is 9.15 Å². The Bertz CT molecular complexity index is 286. The van der Waals surface area contributed by atoms with Crippen LogP contribution >= 0.6 is 0 Å². The monoisotopic (exact) mass is 168 g/mol. The molecule has 1 aromatic heterocycles. The van der Waals surface area contributed by atoms with Gasteiger partial charge in [0.05, 0.1) is 7.11 Å². The van der Waals surface area contributed by atoms with E-state index in [4.69, 9.17) is 4.42 Å². The van der Waals surface area contributed by atoms with E-state index in [1.807, 2.05) is 13.8 Å². The summed E-state index contributed by atoms with van der Waals surface area (Å²) in [5, 5.41) is 0. The number of ether oxygens (including phenoxy) is 1. The lowest BCUT2D eigenvalue weighted by atomic mass is 10.2. The summed E-state index contributed by atoms with van der Waals surface area (Å²) in [6.07, 6.45) is 0.707. The van der Waals surface area contributed by atoms with Crippen LogP contribution in [0.3, 0.4) is 0 Å². The van der Waals surface area contributed by atoms with Gasteiger partial charge >= 0.3 is 5.97 Å². The molecular formula is C9H12O3. The minimum absolute atomic E-state index is 0.330. The van der Waals surface area contributed by atoms with Gasteiger partial charge in [0, 0.05) is 6.42 Å². The molecule has 0 saturated carbocycles. The Morgan fingerprint density at radius 1 is 1.67 bits per heavy atom. The van der Waals surface area contributed by atoms with Crippen LogP contribution in [-0.4, -0.2) is 13.1 Å². The smallest absolute Gasteiger partial charge is 0.341 e. The lowest BCUT2D eigenvalue weighted by Gasteiger charge is -1.96. The van der Waals surface area contributed by atoms with E-state index in [0.717, 1.165) is 5.76 Å². The number of aryl methyl sites for hydroxylation is 2. The molecule has 0 saturated heterocycles. The van der Waals surface area contributed by atoms with E-state index in [-0.39, 0.29) is 5.97 Å². The first kappa shape index (κ1) is 8.84. The van der Waals surface area contributed by atoms with Crippen LogP contribution in [0.25, 0.3) is 0 Å². The van der Waals surface area contributed by atoms with E-state index >= 15 is 0 Å². The van der Waals surface area contributed by atoms with Crippen LogP contribution in [0.4, 0.5) is 0 Å². The standard InChI is InChI=1S/C9H12O3/c1-4-8-7(9(10)11-3)5-6(2)12-8/h5H,4H2,1-3H3. The average molecular weight is 168 g/mol. The molecule has 0 bridgehead atoms. The van der Waals surface area contributed by atoms with E-state index in [9.17, 15) is 4.79 Å². The molecule has 0 fully saturated rings. The van der Waals surface area contributed by atoms with E-state index < -0.39 is 0 Å². The molecule has 0 spiro atoms. The molecule has 12 heavy (non-hydrogen) atoms. The predicted molar refractivity (Wildman–Crippen MR) is 44.2 cm³/mol. The summed E-state index contributed by atoms with van der Waals surface area (Å²) in [4.78, 5) is 11.1. The third kappa shape index (κ3) is 1.49. The molecule has 1 heterocycles. The number of esters is 1. The molecule has 0 aliphatic rings. The van der Waals surface area contributed by atoms with Crippen LogP contribution in [0.2, 0.25) is 0 Å². The molecule has 3 nitrogen and oxygen atoms in total. The fourth-order valence-electron chi connectivity index (χ4n) is 1.11. The Labute approximate surface area is 71.3 Å². The fraction of sp³-hybridized carbons (Fsp3) is 0.444. The van der Waals surface area contributed by atoms with Crippen molar-refractivity contribution in [3.8, 4) is 0 Å². The van der Waals surface area contributed by atoms with Crippen molar-refractivity contribution in [2.75, 3.05) is 7.11 Å². The summed E-state index contributed by atoms with van der Waals surface area (Å²) in [5.74, 6) is 1.11. The maximum Gasteiger partial charge on any atom is 0.341 e. The summed E-state index contributed by atoms with van der Waals surface area (Å²) < 4.78 is 9.88. The first-order valence-corrected chi connectivity index (χ1v) is 3.86. The molecule has 3 heteroatoms. The Kier molecular flexibility index (Phi) is 2.53. The van der Waals surface area contributed by atoms with Gasteiger partial charge in [-0.1, -0.05) is 6.92 Å². The van der Waals surface area contributed by atoms with E-state index in [0.29, 0.717) is 17.7 Å². The SMILES string of the molecule is CCc1oc(C)cc1C(=O)OC. The summed E-state index contributed by atoms with van der Waals surface area (Å²) >= 11 is 0. The second-order valence-corrected chi connectivity index (χ2v) is 2.54. The number of furan rings is 1. The highest BCUT2D eigenvalue weighted by atomic mass is 16.5. The number of hydrogen-bond donors (Lipinski definition) is 0. The van der Waals surface area contributed by atoms with Gasteiger partial charge in [-0.3, -0.25) is 0 Å². The molecule has 0 radical (unpaired) electrons. The zero-order valence-corrected chi connectivity index (χ0v) is 7.51. The quantitative estimate of drug-likeness (QED) is 0.633. The van der Waals surface area contributed by atoms with Gasteiger partial charge in [0.1, 0.15) is 17.1 Å². The van der Waals surface area contributed by atoms with Crippen molar-refractivity contribution in [1.82, 2.24) is 0 Å². The average Bonchev–Trinajstić information content (AvgIpc) is 2.45. The number of rotatable bonds is 2. The second kappa shape index (κ2) is 3.43. The molecular weight excluding hydrogens is 156 g/mol. The molecule has 0 amide bonds. The van der Waals surface area contributed by atoms with Crippen molar-refractivity contribution in [3.05, 3.63) is 23.2 Å². The first-order chi connectivity index (χ1) is 5.69. The zero-order chi connectivity index (χ0) is 9.14. The molecule has 0 aliphatic heterocycles. The molecule has 0 N–H and O–H groups in total. The van der Waals surface area contributed by atoms with Crippen molar-refractivity contribution in [3.63, 3.8) is 0 Å². The van der Waals surface area contributed by atoms with Crippen LogP contribution in [0.15, 0.2) is 10.5 Å². The van der Waals surface area contributed by atoms with Crippen molar-refractivity contribution in [2.24, 2.45) is 0 Å². The first-order valence-electron chi connectivity index (χ1n) is 3.86. The molecule has 1 rings (SSSR count). The highest BCUT2D eigenvalue weighted by Crippen LogP contribution is 2.16. The van der Waals surface area contributed by atoms with Gasteiger partial charge in [0.2, 0.25) is 0 Å². The van der Waals surface area contributed by atoms with Crippen molar-refractivity contribution < 1.29 is 13.9 Å². The van der Waals surface area contributed by atoms with Crippen LogP contribution in [-0.2, 0) is 11.2 Å². The minimum atomic E-state index is -0.330.